The quantitative estimate of drug-likeness (QED) is 0.721. The lowest BCUT2D eigenvalue weighted by Gasteiger charge is -2.38. The standard InChI is InChI=1S/C19H31NO3SSi/c1-19(2,3)25(6,7)23-15-13-17(20(4)5)18(14-15)24(21,22)16-11-9-8-10-12-16/h8-12,14-15,17H,13H2,1-7H3/t15-,17-/m0/s1. The lowest BCUT2D eigenvalue weighted by Crippen LogP contribution is -2.43. The predicted octanol–water partition coefficient (Wildman–Crippen LogP) is 4.07. The number of hydrogen-bond donors (Lipinski definition) is 0. The summed E-state index contributed by atoms with van der Waals surface area (Å²) in [5.41, 5.74) is 0. The van der Waals surface area contributed by atoms with Crippen molar-refractivity contribution in [1.29, 1.82) is 0 Å². The van der Waals surface area contributed by atoms with Gasteiger partial charge in [-0.1, -0.05) is 39.0 Å². The maximum Gasteiger partial charge on any atom is 0.204 e. The minimum absolute atomic E-state index is 0.0928. The first-order chi connectivity index (χ1) is 11.4. The summed E-state index contributed by atoms with van der Waals surface area (Å²) in [4.78, 5) is 2.79. The molecule has 6 heteroatoms. The molecule has 0 bridgehead atoms. The van der Waals surface area contributed by atoms with Crippen molar-refractivity contribution in [3.05, 3.63) is 41.3 Å². The van der Waals surface area contributed by atoms with E-state index in [9.17, 15) is 8.42 Å². The highest BCUT2D eigenvalue weighted by atomic mass is 32.2. The smallest absolute Gasteiger partial charge is 0.204 e. The summed E-state index contributed by atoms with van der Waals surface area (Å²) in [5, 5.41) is 0.0928. The number of benzene rings is 1. The van der Waals surface area contributed by atoms with Gasteiger partial charge in [-0.15, -0.1) is 0 Å². The monoisotopic (exact) mass is 381 g/mol. The van der Waals surface area contributed by atoms with Gasteiger partial charge in [-0.05, 0) is 56.9 Å². The Balaban J connectivity index is 2.38. The Morgan fingerprint density at radius 1 is 1.12 bits per heavy atom. The number of hydrogen-bond acceptors (Lipinski definition) is 4. The van der Waals surface area contributed by atoms with Crippen LogP contribution in [-0.2, 0) is 14.3 Å². The van der Waals surface area contributed by atoms with E-state index in [1.807, 2.05) is 31.1 Å². The van der Waals surface area contributed by atoms with Gasteiger partial charge in [0.05, 0.1) is 15.9 Å². The Kier molecular flexibility index (Phi) is 5.69. The van der Waals surface area contributed by atoms with Crippen LogP contribution in [0.25, 0.3) is 0 Å². The Morgan fingerprint density at radius 3 is 2.16 bits per heavy atom. The molecule has 2 atom stereocenters. The second kappa shape index (κ2) is 6.99. The van der Waals surface area contributed by atoms with E-state index in [0.717, 1.165) is 0 Å². The molecule has 0 saturated heterocycles. The largest absolute Gasteiger partial charge is 0.410 e. The molecule has 4 nitrogen and oxygen atoms in total. The number of rotatable bonds is 5. The third-order valence-corrected chi connectivity index (χ3v) is 11.8. The van der Waals surface area contributed by atoms with E-state index in [4.69, 9.17) is 4.43 Å². The van der Waals surface area contributed by atoms with Crippen molar-refractivity contribution >= 4 is 18.2 Å². The first kappa shape index (κ1) is 20.4. The fourth-order valence-electron chi connectivity index (χ4n) is 2.81. The van der Waals surface area contributed by atoms with Gasteiger partial charge in [0, 0.05) is 6.04 Å². The highest BCUT2D eigenvalue weighted by molar-refractivity contribution is 7.95. The molecule has 0 heterocycles. The van der Waals surface area contributed by atoms with Crippen LogP contribution in [0.3, 0.4) is 0 Å². The summed E-state index contributed by atoms with van der Waals surface area (Å²) < 4.78 is 32.7. The van der Waals surface area contributed by atoms with Gasteiger partial charge in [-0.2, -0.15) is 0 Å². The molecule has 0 fully saturated rings. The molecule has 0 aliphatic heterocycles. The van der Waals surface area contributed by atoms with Crippen LogP contribution in [0.15, 0.2) is 46.2 Å². The Hall–Kier alpha value is -0.953. The lowest BCUT2D eigenvalue weighted by molar-refractivity contribution is 0.195. The van der Waals surface area contributed by atoms with Gasteiger partial charge < -0.3 is 9.33 Å². The van der Waals surface area contributed by atoms with Crippen LogP contribution in [0.2, 0.25) is 18.1 Å². The third-order valence-electron chi connectivity index (χ3n) is 5.37. The van der Waals surface area contributed by atoms with Gasteiger partial charge in [-0.25, -0.2) is 8.42 Å². The minimum Gasteiger partial charge on any atom is -0.410 e. The average molecular weight is 382 g/mol. The molecule has 140 valence electrons. The molecule has 1 aliphatic rings. The van der Waals surface area contributed by atoms with Crippen molar-refractivity contribution in [2.45, 2.75) is 62.4 Å². The average Bonchev–Trinajstić information content (AvgIpc) is 2.91. The molecular formula is C19H31NO3SSi. The van der Waals surface area contributed by atoms with Crippen LogP contribution in [-0.4, -0.2) is 47.9 Å². The number of likely N-dealkylation sites (N-methyl/N-ethyl adjacent to an activating group) is 1. The van der Waals surface area contributed by atoms with E-state index in [1.165, 1.54) is 0 Å². The fraction of sp³-hybridized carbons (Fsp3) is 0.579. The van der Waals surface area contributed by atoms with E-state index < -0.39 is 18.2 Å². The molecule has 0 aromatic heterocycles. The molecule has 0 N–H and O–H groups in total. The Bertz CT molecular complexity index is 734. The van der Waals surface area contributed by atoms with Crippen molar-refractivity contribution in [3.63, 3.8) is 0 Å². The zero-order valence-corrected chi connectivity index (χ0v) is 18.2. The summed E-state index contributed by atoms with van der Waals surface area (Å²) in [6, 6.07) is 8.51. The van der Waals surface area contributed by atoms with Crippen LogP contribution in [0.4, 0.5) is 0 Å². The minimum atomic E-state index is -3.50. The van der Waals surface area contributed by atoms with Gasteiger partial charge >= 0.3 is 0 Å². The first-order valence-corrected chi connectivity index (χ1v) is 13.1. The van der Waals surface area contributed by atoms with E-state index in [2.05, 4.69) is 33.9 Å². The van der Waals surface area contributed by atoms with Gasteiger partial charge in [0.15, 0.2) is 8.32 Å². The predicted molar refractivity (Wildman–Crippen MR) is 106 cm³/mol. The molecule has 0 radical (unpaired) electrons. The molecule has 0 unspecified atom stereocenters. The summed E-state index contributed by atoms with van der Waals surface area (Å²) in [6.45, 7) is 11.0. The highest BCUT2D eigenvalue weighted by Gasteiger charge is 2.43. The second-order valence-corrected chi connectivity index (χ2v) is 15.2. The molecule has 0 amide bonds. The van der Waals surface area contributed by atoms with Gasteiger partial charge in [0.2, 0.25) is 9.84 Å². The molecule has 1 aromatic rings. The van der Waals surface area contributed by atoms with Crippen LogP contribution < -0.4 is 0 Å². The topological polar surface area (TPSA) is 46.6 Å². The highest BCUT2D eigenvalue weighted by Crippen LogP contribution is 2.40. The summed E-state index contributed by atoms with van der Waals surface area (Å²) in [5.74, 6) is 0. The van der Waals surface area contributed by atoms with Crippen LogP contribution in [0, 0.1) is 0 Å². The van der Waals surface area contributed by atoms with Gasteiger partial charge in [-0.3, -0.25) is 0 Å². The molecule has 0 spiro atoms. The Labute approximate surface area is 153 Å². The first-order valence-electron chi connectivity index (χ1n) is 8.72. The van der Waals surface area contributed by atoms with Crippen LogP contribution in [0.5, 0.6) is 0 Å². The SMILES string of the molecule is CN(C)[C@H]1C[C@H](O[Si](C)(C)C(C)(C)C)C=C1S(=O)(=O)c1ccccc1. The number of nitrogens with zero attached hydrogens (tertiary/aromatic N) is 1. The van der Waals surface area contributed by atoms with Crippen LogP contribution >= 0.6 is 0 Å². The molecule has 25 heavy (non-hydrogen) atoms. The molecular weight excluding hydrogens is 350 g/mol. The summed E-state index contributed by atoms with van der Waals surface area (Å²) in [6.07, 6.45) is 2.37. The van der Waals surface area contributed by atoms with E-state index in [1.54, 1.807) is 24.3 Å². The van der Waals surface area contributed by atoms with Crippen LogP contribution in [0.1, 0.15) is 27.2 Å². The second-order valence-electron chi connectivity index (χ2n) is 8.52. The summed E-state index contributed by atoms with van der Waals surface area (Å²) in [7, 11) is -1.61. The van der Waals surface area contributed by atoms with Crippen molar-refractivity contribution in [3.8, 4) is 0 Å². The normalized spacial score (nSPS) is 22.3. The van der Waals surface area contributed by atoms with Crippen molar-refractivity contribution in [2.75, 3.05) is 14.1 Å². The molecule has 1 aromatic carbocycles. The van der Waals surface area contributed by atoms with E-state index >= 15 is 0 Å². The van der Waals surface area contributed by atoms with Gasteiger partial charge in [0.1, 0.15) is 0 Å². The number of sulfone groups is 1. The van der Waals surface area contributed by atoms with E-state index in [0.29, 0.717) is 16.2 Å². The maximum absolute atomic E-state index is 13.1. The lowest BCUT2D eigenvalue weighted by atomic mass is 10.2. The molecule has 1 aliphatic carbocycles. The molecule has 0 saturated carbocycles. The Morgan fingerprint density at radius 2 is 1.68 bits per heavy atom. The maximum atomic E-state index is 13.1. The van der Waals surface area contributed by atoms with Crippen molar-refractivity contribution < 1.29 is 12.8 Å². The zero-order valence-electron chi connectivity index (χ0n) is 16.4. The zero-order chi connectivity index (χ0) is 19.0. The molecule has 2 rings (SSSR count). The fourth-order valence-corrected chi connectivity index (χ4v) is 5.86. The van der Waals surface area contributed by atoms with Crippen molar-refractivity contribution in [2.24, 2.45) is 0 Å². The third kappa shape index (κ3) is 4.24. The summed E-state index contributed by atoms with van der Waals surface area (Å²) >= 11 is 0. The van der Waals surface area contributed by atoms with Crippen molar-refractivity contribution in [1.82, 2.24) is 4.90 Å². The van der Waals surface area contributed by atoms with Gasteiger partial charge in [0.25, 0.3) is 0 Å². The van der Waals surface area contributed by atoms with E-state index in [-0.39, 0.29) is 17.2 Å².